The van der Waals surface area contributed by atoms with E-state index in [1.807, 2.05) is 0 Å². The van der Waals surface area contributed by atoms with Crippen molar-refractivity contribution >= 4 is 22.9 Å². The lowest BCUT2D eigenvalue weighted by Crippen LogP contribution is -2.15. The minimum Gasteiger partial charge on any atom is -0.454 e. The molecule has 0 spiro atoms. The van der Waals surface area contributed by atoms with Crippen LogP contribution in [0.3, 0.4) is 0 Å². The van der Waals surface area contributed by atoms with Crippen LogP contribution in [0, 0.1) is 0 Å². The predicted octanol–water partition coefficient (Wildman–Crippen LogP) is 2.26. The Kier molecular flexibility index (Phi) is 3.42. The first kappa shape index (κ1) is 13.0. The van der Waals surface area contributed by atoms with E-state index in [0.717, 1.165) is 0 Å². The highest BCUT2D eigenvalue weighted by atomic mass is 16.5. The van der Waals surface area contributed by atoms with E-state index in [1.54, 1.807) is 30.3 Å². The van der Waals surface area contributed by atoms with E-state index < -0.39 is 5.97 Å². The number of oxazole rings is 1. The summed E-state index contributed by atoms with van der Waals surface area (Å²) < 4.78 is 10.1. The minimum absolute atomic E-state index is 0.260. The van der Waals surface area contributed by atoms with Crippen molar-refractivity contribution in [3.05, 3.63) is 60.2 Å². The highest BCUT2D eigenvalue weighted by Gasteiger charge is 2.13. The van der Waals surface area contributed by atoms with Gasteiger partial charge in [0, 0.05) is 6.20 Å². The number of benzene rings is 1. The fraction of sp³-hybridized carbons (Fsp3) is 0.0667. The quantitative estimate of drug-likeness (QED) is 0.539. The van der Waals surface area contributed by atoms with Crippen LogP contribution in [0.15, 0.2) is 53.4 Å². The van der Waals surface area contributed by atoms with Crippen LogP contribution in [-0.2, 0) is 4.74 Å². The molecule has 21 heavy (non-hydrogen) atoms. The highest BCUT2D eigenvalue weighted by molar-refractivity contribution is 5.98. The molecule has 0 aliphatic heterocycles. The first-order valence-corrected chi connectivity index (χ1v) is 6.18. The number of ether oxygens (including phenoxy) is 1. The smallest absolute Gasteiger partial charge is 0.338 e. The number of carbonyl (C=O) groups is 2. The third-order valence-corrected chi connectivity index (χ3v) is 2.85. The molecule has 0 saturated heterocycles. The molecule has 6 heteroatoms. The molecule has 0 radical (unpaired) electrons. The third kappa shape index (κ3) is 2.79. The standard InChI is InChI=1S/C15H10N2O4/c18-13(11-3-1-2-6-16-11)8-20-15(19)10-4-5-12-14(7-10)21-9-17-12/h1-7,9H,8H2. The number of carbonyl (C=O) groups excluding carboxylic acids is 2. The summed E-state index contributed by atoms with van der Waals surface area (Å²) in [6.45, 7) is -0.357. The first-order chi connectivity index (χ1) is 10.2. The van der Waals surface area contributed by atoms with Gasteiger partial charge in [0.15, 0.2) is 18.6 Å². The van der Waals surface area contributed by atoms with Crippen LogP contribution in [0.5, 0.6) is 0 Å². The molecule has 0 bridgehead atoms. The zero-order chi connectivity index (χ0) is 14.7. The molecule has 0 aliphatic rings. The number of Topliss-reactive ketones (excluding diaryl/α,β-unsaturated/α-hetero) is 1. The van der Waals surface area contributed by atoms with Gasteiger partial charge in [0.2, 0.25) is 5.78 Å². The van der Waals surface area contributed by atoms with Crippen molar-refractivity contribution in [2.75, 3.05) is 6.61 Å². The van der Waals surface area contributed by atoms with Crippen molar-refractivity contribution in [2.24, 2.45) is 0 Å². The number of nitrogens with zero attached hydrogens (tertiary/aromatic N) is 2. The maximum Gasteiger partial charge on any atom is 0.338 e. The van der Waals surface area contributed by atoms with Gasteiger partial charge in [0.1, 0.15) is 11.2 Å². The summed E-state index contributed by atoms with van der Waals surface area (Å²) in [5, 5.41) is 0. The Labute approximate surface area is 119 Å². The van der Waals surface area contributed by atoms with Crippen molar-refractivity contribution in [3.8, 4) is 0 Å². The van der Waals surface area contributed by atoms with E-state index in [-0.39, 0.29) is 18.1 Å². The van der Waals surface area contributed by atoms with E-state index in [2.05, 4.69) is 9.97 Å². The second-order valence-corrected chi connectivity index (χ2v) is 4.25. The zero-order valence-electron chi connectivity index (χ0n) is 10.9. The fourth-order valence-electron chi connectivity index (χ4n) is 1.80. The Morgan fingerprint density at radius 3 is 2.86 bits per heavy atom. The van der Waals surface area contributed by atoms with Crippen LogP contribution >= 0.6 is 0 Å². The van der Waals surface area contributed by atoms with Crippen molar-refractivity contribution in [2.45, 2.75) is 0 Å². The second-order valence-electron chi connectivity index (χ2n) is 4.25. The van der Waals surface area contributed by atoms with Crippen LogP contribution < -0.4 is 0 Å². The Balaban J connectivity index is 1.67. The molecule has 0 fully saturated rings. The summed E-state index contributed by atoms with van der Waals surface area (Å²) in [7, 11) is 0. The molecule has 1 aromatic carbocycles. The van der Waals surface area contributed by atoms with Gasteiger partial charge in [-0.1, -0.05) is 6.07 Å². The van der Waals surface area contributed by atoms with E-state index in [9.17, 15) is 9.59 Å². The van der Waals surface area contributed by atoms with E-state index in [1.165, 1.54) is 18.7 Å². The number of pyridine rings is 1. The van der Waals surface area contributed by atoms with Crippen LogP contribution in [0.2, 0.25) is 0 Å². The number of ketones is 1. The molecule has 6 nitrogen and oxygen atoms in total. The molecule has 3 rings (SSSR count). The molecule has 0 saturated carbocycles. The molecule has 2 aromatic heterocycles. The summed E-state index contributed by atoms with van der Waals surface area (Å²) in [5.74, 6) is -0.956. The van der Waals surface area contributed by atoms with Gasteiger partial charge in [-0.05, 0) is 30.3 Å². The largest absolute Gasteiger partial charge is 0.454 e. The monoisotopic (exact) mass is 282 g/mol. The predicted molar refractivity (Wildman–Crippen MR) is 72.9 cm³/mol. The van der Waals surface area contributed by atoms with Crippen LogP contribution in [0.1, 0.15) is 20.8 Å². The van der Waals surface area contributed by atoms with E-state index >= 15 is 0 Å². The van der Waals surface area contributed by atoms with Gasteiger partial charge in [-0.2, -0.15) is 0 Å². The summed E-state index contributed by atoms with van der Waals surface area (Å²) in [4.78, 5) is 31.5. The Bertz CT molecular complexity index is 796. The Hall–Kier alpha value is -3.02. The van der Waals surface area contributed by atoms with Crippen molar-refractivity contribution in [1.82, 2.24) is 9.97 Å². The van der Waals surface area contributed by atoms with Gasteiger partial charge in [0.25, 0.3) is 0 Å². The first-order valence-electron chi connectivity index (χ1n) is 6.18. The third-order valence-electron chi connectivity index (χ3n) is 2.85. The van der Waals surface area contributed by atoms with Crippen LogP contribution in [-0.4, -0.2) is 28.3 Å². The molecular weight excluding hydrogens is 272 g/mol. The molecule has 104 valence electrons. The molecule has 0 atom stereocenters. The van der Waals surface area contributed by atoms with Crippen LogP contribution in [0.25, 0.3) is 11.1 Å². The average molecular weight is 282 g/mol. The highest BCUT2D eigenvalue weighted by Crippen LogP contribution is 2.15. The number of hydrogen-bond acceptors (Lipinski definition) is 6. The van der Waals surface area contributed by atoms with Gasteiger partial charge in [-0.3, -0.25) is 9.78 Å². The second kappa shape index (κ2) is 5.54. The average Bonchev–Trinajstić information content (AvgIpc) is 3.00. The normalized spacial score (nSPS) is 10.5. The molecule has 2 heterocycles. The van der Waals surface area contributed by atoms with Gasteiger partial charge in [-0.25, -0.2) is 9.78 Å². The maximum absolute atomic E-state index is 11.9. The number of fused-ring (bicyclic) bond motifs is 1. The zero-order valence-corrected chi connectivity index (χ0v) is 10.9. The number of rotatable bonds is 4. The Morgan fingerprint density at radius 1 is 1.14 bits per heavy atom. The van der Waals surface area contributed by atoms with Crippen molar-refractivity contribution in [1.29, 1.82) is 0 Å². The lowest BCUT2D eigenvalue weighted by molar-refractivity contribution is 0.0473. The SMILES string of the molecule is O=C(OCC(=O)c1ccccn1)c1ccc2ncoc2c1. The maximum atomic E-state index is 11.9. The van der Waals surface area contributed by atoms with Gasteiger partial charge in [-0.15, -0.1) is 0 Å². The fourth-order valence-corrected chi connectivity index (χ4v) is 1.80. The Morgan fingerprint density at radius 2 is 2.05 bits per heavy atom. The lowest BCUT2D eigenvalue weighted by atomic mass is 10.2. The summed E-state index contributed by atoms with van der Waals surface area (Å²) in [6, 6.07) is 9.70. The summed E-state index contributed by atoms with van der Waals surface area (Å²) in [6.07, 6.45) is 2.80. The van der Waals surface area contributed by atoms with Crippen molar-refractivity contribution in [3.63, 3.8) is 0 Å². The van der Waals surface area contributed by atoms with Crippen molar-refractivity contribution < 1.29 is 18.7 Å². The summed E-state index contributed by atoms with van der Waals surface area (Å²) >= 11 is 0. The van der Waals surface area contributed by atoms with Gasteiger partial charge in [0.05, 0.1) is 5.56 Å². The number of esters is 1. The molecule has 0 N–H and O–H groups in total. The molecule has 0 aliphatic carbocycles. The van der Waals surface area contributed by atoms with Crippen LogP contribution in [0.4, 0.5) is 0 Å². The van der Waals surface area contributed by atoms with Gasteiger partial charge >= 0.3 is 5.97 Å². The molecule has 0 unspecified atom stereocenters. The van der Waals surface area contributed by atoms with Gasteiger partial charge < -0.3 is 9.15 Å². The summed E-state index contributed by atoms with van der Waals surface area (Å²) in [5.41, 5.74) is 1.70. The molecule has 3 aromatic rings. The minimum atomic E-state index is -0.599. The van der Waals surface area contributed by atoms with E-state index in [4.69, 9.17) is 9.15 Å². The van der Waals surface area contributed by atoms with E-state index in [0.29, 0.717) is 16.7 Å². The topological polar surface area (TPSA) is 82.3 Å². The number of hydrogen-bond donors (Lipinski definition) is 0. The number of aromatic nitrogens is 2. The molecule has 0 amide bonds. The lowest BCUT2D eigenvalue weighted by Gasteiger charge is -2.03. The molecular formula is C15H10N2O4.